The molecule has 0 aliphatic carbocycles. The number of halogens is 3. The quantitative estimate of drug-likeness (QED) is 0.830. The zero-order chi connectivity index (χ0) is 13.7. The van der Waals surface area contributed by atoms with Gasteiger partial charge >= 0.3 is 0 Å². The third-order valence-corrected chi connectivity index (χ3v) is 3.06. The summed E-state index contributed by atoms with van der Waals surface area (Å²) in [6.45, 7) is 0.838. The van der Waals surface area contributed by atoms with Crippen LogP contribution in [0.2, 0.25) is 0 Å². The van der Waals surface area contributed by atoms with Gasteiger partial charge in [-0.1, -0.05) is 6.07 Å². The summed E-state index contributed by atoms with van der Waals surface area (Å²) < 4.78 is 32.0. The highest BCUT2D eigenvalue weighted by Gasteiger charge is 2.02. The Morgan fingerprint density at radius 1 is 1.05 bits per heavy atom. The molecule has 2 aromatic carbocycles. The number of rotatable bonds is 5. The summed E-state index contributed by atoms with van der Waals surface area (Å²) in [6, 6.07) is 10.4. The summed E-state index contributed by atoms with van der Waals surface area (Å²) in [5, 5.41) is 3.02. The molecule has 0 atom stereocenters. The van der Waals surface area contributed by atoms with E-state index in [9.17, 15) is 8.78 Å². The molecule has 0 heterocycles. The Morgan fingerprint density at radius 3 is 2.63 bits per heavy atom. The molecular formula is C14H12BrF2NO. The molecule has 2 rings (SSSR count). The maximum atomic E-state index is 13.0. The van der Waals surface area contributed by atoms with E-state index < -0.39 is 0 Å². The monoisotopic (exact) mass is 327 g/mol. The van der Waals surface area contributed by atoms with Crippen molar-refractivity contribution in [3.05, 3.63) is 58.6 Å². The Hall–Kier alpha value is -1.62. The fraction of sp³-hybridized carbons (Fsp3) is 0.143. The minimum atomic E-state index is -0.351. The van der Waals surface area contributed by atoms with Crippen LogP contribution < -0.4 is 10.1 Å². The van der Waals surface area contributed by atoms with Gasteiger partial charge in [0.05, 0.1) is 4.47 Å². The van der Waals surface area contributed by atoms with Crippen molar-refractivity contribution in [1.29, 1.82) is 0 Å². The lowest BCUT2D eigenvalue weighted by atomic mass is 10.3. The minimum Gasteiger partial charge on any atom is -0.490 e. The number of hydrogen-bond acceptors (Lipinski definition) is 2. The maximum Gasteiger partial charge on any atom is 0.136 e. The fourth-order valence-corrected chi connectivity index (χ4v) is 1.90. The second-order valence-electron chi connectivity index (χ2n) is 3.86. The lowest BCUT2D eigenvalue weighted by molar-refractivity contribution is 0.329. The van der Waals surface area contributed by atoms with Gasteiger partial charge in [0.1, 0.15) is 24.0 Å². The first kappa shape index (κ1) is 13.8. The second-order valence-corrected chi connectivity index (χ2v) is 4.71. The van der Waals surface area contributed by atoms with E-state index in [-0.39, 0.29) is 11.6 Å². The Balaban J connectivity index is 1.82. The third kappa shape index (κ3) is 4.21. The summed E-state index contributed by atoms with van der Waals surface area (Å²) in [6.07, 6.45) is 0. The SMILES string of the molecule is Fc1cccc(NCCOc2cc(F)ccc2Br)c1. The van der Waals surface area contributed by atoms with Crippen molar-refractivity contribution in [1.82, 2.24) is 0 Å². The molecule has 0 fully saturated rings. The van der Waals surface area contributed by atoms with Crippen LogP contribution >= 0.6 is 15.9 Å². The molecule has 5 heteroatoms. The van der Waals surface area contributed by atoms with Gasteiger partial charge in [-0.2, -0.15) is 0 Å². The number of ether oxygens (including phenoxy) is 1. The van der Waals surface area contributed by atoms with E-state index in [1.165, 1.54) is 24.3 Å². The van der Waals surface area contributed by atoms with Gasteiger partial charge in [-0.15, -0.1) is 0 Å². The van der Waals surface area contributed by atoms with Gasteiger partial charge < -0.3 is 10.1 Å². The zero-order valence-corrected chi connectivity index (χ0v) is 11.6. The van der Waals surface area contributed by atoms with Crippen LogP contribution in [0.15, 0.2) is 46.9 Å². The highest BCUT2D eigenvalue weighted by Crippen LogP contribution is 2.25. The summed E-state index contributed by atoms with van der Waals surface area (Å²) in [5.41, 5.74) is 0.682. The Labute approximate surface area is 118 Å². The molecule has 19 heavy (non-hydrogen) atoms. The molecule has 0 unspecified atom stereocenters. The van der Waals surface area contributed by atoms with Crippen molar-refractivity contribution in [2.75, 3.05) is 18.5 Å². The third-order valence-electron chi connectivity index (χ3n) is 2.41. The van der Waals surface area contributed by atoms with E-state index in [1.54, 1.807) is 18.2 Å². The van der Waals surface area contributed by atoms with Gasteiger partial charge in [-0.25, -0.2) is 8.78 Å². The van der Waals surface area contributed by atoms with Gasteiger partial charge in [0, 0.05) is 18.3 Å². The number of nitrogens with one attached hydrogen (secondary N) is 1. The lowest BCUT2D eigenvalue weighted by Gasteiger charge is -2.10. The van der Waals surface area contributed by atoms with Crippen molar-refractivity contribution in [3.8, 4) is 5.75 Å². The molecule has 0 amide bonds. The van der Waals surface area contributed by atoms with Gasteiger partial charge in [0.2, 0.25) is 0 Å². The lowest BCUT2D eigenvalue weighted by Crippen LogP contribution is -2.11. The van der Waals surface area contributed by atoms with Crippen molar-refractivity contribution in [3.63, 3.8) is 0 Å². The minimum absolute atomic E-state index is 0.293. The topological polar surface area (TPSA) is 21.3 Å². The van der Waals surface area contributed by atoms with Crippen LogP contribution in [0.5, 0.6) is 5.75 Å². The molecule has 1 N–H and O–H groups in total. The molecular weight excluding hydrogens is 316 g/mol. The van der Waals surface area contributed by atoms with E-state index >= 15 is 0 Å². The second kappa shape index (κ2) is 6.52. The van der Waals surface area contributed by atoms with E-state index in [0.717, 1.165) is 0 Å². The molecule has 0 aliphatic rings. The number of anilines is 1. The van der Waals surface area contributed by atoms with Crippen LogP contribution in [0.25, 0.3) is 0 Å². The van der Waals surface area contributed by atoms with Crippen LogP contribution in [0.4, 0.5) is 14.5 Å². The Bertz CT molecular complexity index is 563. The van der Waals surface area contributed by atoms with Crippen LogP contribution in [0.3, 0.4) is 0 Å². The van der Waals surface area contributed by atoms with Crippen molar-refractivity contribution in [2.24, 2.45) is 0 Å². The Morgan fingerprint density at radius 2 is 1.84 bits per heavy atom. The molecule has 2 aromatic rings. The zero-order valence-electron chi connectivity index (χ0n) is 10.00. The van der Waals surface area contributed by atoms with E-state index in [4.69, 9.17) is 4.74 Å². The number of hydrogen-bond donors (Lipinski definition) is 1. The molecule has 0 aromatic heterocycles. The fourth-order valence-electron chi connectivity index (χ4n) is 1.54. The Kier molecular flexibility index (Phi) is 4.74. The van der Waals surface area contributed by atoms with Crippen molar-refractivity contribution >= 4 is 21.6 Å². The maximum absolute atomic E-state index is 13.0. The predicted octanol–water partition coefficient (Wildman–Crippen LogP) is 4.22. The highest BCUT2D eigenvalue weighted by atomic mass is 79.9. The van der Waals surface area contributed by atoms with E-state index in [2.05, 4.69) is 21.2 Å². The first-order valence-corrected chi connectivity index (χ1v) is 6.52. The van der Waals surface area contributed by atoms with Gasteiger partial charge in [0.15, 0.2) is 0 Å². The molecule has 0 bridgehead atoms. The average Bonchev–Trinajstić information content (AvgIpc) is 2.39. The normalized spacial score (nSPS) is 10.3. The molecule has 0 spiro atoms. The molecule has 0 radical (unpaired) electrons. The summed E-state index contributed by atoms with van der Waals surface area (Å²) in [7, 11) is 0. The summed E-state index contributed by atoms with van der Waals surface area (Å²) >= 11 is 3.28. The van der Waals surface area contributed by atoms with Gasteiger partial charge in [-0.05, 0) is 46.3 Å². The summed E-state index contributed by atoms with van der Waals surface area (Å²) in [4.78, 5) is 0. The van der Waals surface area contributed by atoms with Crippen molar-refractivity contribution in [2.45, 2.75) is 0 Å². The van der Waals surface area contributed by atoms with Crippen LogP contribution in [-0.2, 0) is 0 Å². The largest absolute Gasteiger partial charge is 0.490 e. The first-order chi connectivity index (χ1) is 9.15. The first-order valence-electron chi connectivity index (χ1n) is 5.72. The molecule has 0 saturated carbocycles. The van der Waals surface area contributed by atoms with Crippen LogP contribution in [0.1, 0.15) is 0 Å². The number of benzene rings is 2. The predicted molar refractivity (Wildman–Crippen MR) is 74.5 cm³/mol. The summed E-state index contributed by atoms with van der Waals surface area (Å²) in [5.74, 6) is -0.198. The van der Waals surface area contributed by atoms with E-state index in [1.807, 2.05) is 0 Å². The standard InChI is InChI=1S/C14H12BrF2NO/c15-13-5-4-11(17)9-14(13)19-7-6-18-12-3-1-2-10(16)8-12/h1-5,8-9,18H,6-7H2. The van der Waals surface area contributed by atoms with Crippen LogP contribution in [0, 0.1) is 11.6 Å². The average molecular weight is 328 g/mol. The smallest absolute Gasteiger partial charge is 0.136 e. The molecule has 2 nitrogen and oxygen atoms in total. The van der Waals surface area contributed by atoms with Crippen molar-refractivity contribution < 1.29 is 13.5 Å². The molecule has 0 saturated heterocycles. The molecule has 100 valence electrons. The van der Waals surface area contributed by atoms with Crippen LogP contribution in [-0.4, -0.2) is 13.2 Å². The molecule has 0 aliphatic heterocycles. The van der Waals surface area contributed by atoms with E-state index in [0.29, 0.717) is 29.1 Å². The van der Waals surface area contributed by atoms with Gasteiger partial charge in [-0.3, -0.25) is 0 Å². The highest BCUT2D eigenvalue weighted by molar-refractivity contribution is 9.10. The van der Waals surface area contributed by atoms with Gasteiger partial charge in [0.25, 0.3) is 0 Å².